The van der Waals surface area contributed by atoms with E-state index in [9.17, 15) is 17.6 Å². The molecule has 0 amide bonds. The molecule has 2 saturated heterocycles. The first kappa shape index (κ1) is 40.1. The number of halogens is 4. The Kier molecular flexibility index (Phi) is 15.0. The Bertz CT molecular complexity index is 1310. The second-order valence-electron chi connectivity index (χ2n) is 15.9. The van der Waals surface area contributed by atoms with Gasteiger partial charge in [-0.3, -0.25) is 0 Å². The second kappa shape index (κ2) is 19.9. The van der Waals surface area contributed by atoms with Crippen LogP contribution < -0.4 is 0 Å². The number of hydrogen-bond donors (Lipinski definition) is 0. The monoisotopic (exact) mass is 742 g/mol. The van der Waals surface area contributed by atoms with E-state index >= 15 is 0 Å². The fourth-order valence-corrected chi connectivity index (χ4v) is 8.65. The molecule has 292 valence electrons. The van der Waals surface area contributed by atoms with Gasteiger partial charge in [0.05, 0.1) is 39.6 Å². The van der Waals surface area contributed by atoms with Crippen molar-refractivity contribution in [3.63, 3.8) is 0 Å². The van der Waals surface area contributed by atoms with Gasteiger partial charge in [0, 0.05) is 47.6 Å². The van der Waals surface area contributed by atoms with Gasteiger partial charge >= 0.3 is 0 Å². The number of aryl methyl sites for hydroxylation is 2. The van der Waals surface area contributed by atoms with Crippen molar-refractivity contribution in [1.29, 1.82) is 0 Å². The molecule has 2 saturated carbocycles. The van der Waals surface area contributed by atoms with E-state index in [1.807, 2.05) is 12.2 Å². The lowest BCUT2D eigenvalue weighted by molar-refractivity contribution is -0.223. The van der Waals surface area contributed by atoms with Crippen LogP contribution in [0.2, 0.25) is 0 Å². The van der Waals surface area contributed by atoms with Crippen molar-refractivity contribution in [2.45, 2.75) is 102 Å². The molecule has 53 heavy (non-hydrogen) atoms. The summed E-state index contributed by atoms with van der Waals surface area (Å²) in [5.41, 5.74) is 1.27. The van der Waals surface area contributed by atoms with Gasteiger partial charge in [-0.1, -0.05) is 12.2 Å². The van der Waals surface area contributed by atoms with Crippen LogP contribution in [0.5, 0.6) is 0 Å². The Balaban J connectivity index is 0.862. The predicted octanol–water partition coefficient (Wildman–Crippen LogP) is 9.87. The predicted molar refractivity (Wildman–Crippen MR) is 197 cm³/mol. The third kappa shape index (κ3) is 11.3. The fourth-order valence-electron chi connectivity index (χ4n) is 8.65. The standard InChI is InChI=1S/C44H58F4O5/c1-3-29-25-50-43(51-26-29)35-13-9-31(10-14-35)5-7-33-21-39(45)37(40(46)22-33)17-19-49-20-18-38-41(47)23-34(24-42(38)48)8-6-32-11-15-36(16-12-32)44-52-27-30(4-2)28-53-44/h3-4,21-24,29-32,35-36,43-44H,1-2,5-20,25-28H2. The Morgan fingerprint density at radius 3 is 1.19 bits per heavy atom. The van der Waals surface area contributed by atoms with E-state index in [-0.39, 0.29) is 61.6 Å². The average molecular weight is 743 g/mol. The van der Waals surface area contributed by atoms with Crippen molar-refractivity contribution in [2.24, 2.45) is 35.5 Å². The van der Waals surface area contributed by atoms with Crippen LogP contribution in [-0.2, 0) is 49.4 Å². The Morgan fingerprint density at radius 2 is 0.868 bits per heavy atom. The summed E-state index contributed by atoms with van der Waals surface area (Å²) in [7, 11) is 0. The quantitative estimate of drug-likeness (QED) is 0.0974. The first-order chi connectivity index (χ1) is 25.8. The van der Waals surface area contributed by atoms with Crippen molar-refractivity contribution in [3.05, 3.63) is 95.1 Å². The molecule has 2 aliphatic carbocycles. The summed E-state index contributed by atoms with van der Waals surface area (Å²) in [4.78, 5) is 0. The van der Waals surface area contributed by atoms with Crippen LogP contribution in [0.25, 0.3) is 0 Å². The molecule has 0 radical (unpaired) electrons. The van der Waals surface area contributed by atoms with Crippen LogP contribution in [0.3, 0.4) is 0 Å². The molecule has 0 bridgehead atoms. The maximum absolute atomic E-state index is 15.0. The molecule has 6 rings (SSSR count). The smallest absolute Gasteiger partial charge is 0.160 e. The van der Waals surface area contributed by atoms with Gasteiger partial charge in [0.25, 0.3) is 0 Å². The van der Waals surface area contributed by atoms with E-state index in [2.05, 4.69) is 13.2 Å². The third-order valence-corrected chi connectivity index (χ3v) is 12.2. The lowest BCUT2D eigenvalue weighted by Gasteiger charge is -2.37. The van der Waals surface area contributed by atoms with E-state index in [1.165, 1.54) is 24.3 Å². The normalized spacial score (nSPS) is 29.5. The highest BCUT2D eigenvalue weighted by Gasteiger charge is 2.33. The second-order valence-corrected chi connectivity index (χ2v) is 15.9. The van der Waals surface area contributed by atoms with Crippen molar-refractivity contribution in [1.82, 2.24) is 0 Å². The van der Waals surface area contributed by atoms with E-state index in [4.69, 9.17) is 23.7 Å². The molecule has 4 fully saturated rings. The Labute approximate surface area is 313 Å². The average Bonchev–Trinajstić information content (AvgIpc) is 3.18. The maximum Gasteiger partial charge on any atom is 0.160 e. The first-order valence-electron chi connectivity index (χ1n) is 20.0. The van der Waals surface area contributed by atoms with E-state index in [0.717, 1.165) is 64.2 Å². The third-order valence-electron chi connectivity index (χ3n) is 12.2. The van der Waals surface area contributed by atoms with Crippen molar-refractivity contribution >= 4 is 0 Å². The van der Waals surface area contributed by atoms with Gasteiger partial charge in [-0.2, -0.15) is 0 Å². The van der Waals surface area contributed by atoms with Crippen LogP contribution in [0, 0.1) is 58.8 Å². The molecule has 2 aliphatic heterocycles. The van der Waals surface area contributed by atoms with Gasteiger partial charge in [-0.05, 0) is 124 Å². The summed E-state index contributed by atoms with van der Waals surface area (Å²) in [6.45, 7) is 10.4. The van der Waals surface area contributed by atoms with Gasteiger partial charge in [0.15, 0.2) is 12.6 Å². The summed E-state index contributed by atoms with van der Waals surface area (Å²) in [6, 6.07) is 5.73. The van der Waals surface area contributed by atoms with Crippen LogP contribution in [0.15, 0.2) is 49.6 Å². The molecule has 0 aromatic heterocycles. The number of hydrogen-bond acceptors (Lipinski definition) is 5. The lowest BCUT2D eigenvalue weighted by Crippen LogP contribution is -2.38. The number of ether oxygens (including phenoxy) is 5. The highest BCUT2D eigenvalue weighted by molar-refractivity contribution is 5.28. The molecule has 2 heterocycles. The molecule has 4 aliphatic rings. The summed E-state index contributed by atoms with van der Waals surface area (Å²) in [5.74, 6) is 0.0336. The van der Waals surface area contributed by atoms with Crippen LogP contribution >= 0.6 is 0 Å². The molecule has 5 nitrogen and oxygen atoms in total. The lowest BCUT2D eigenvalue weighted by atomic mass is 9.79. The van der Waals surface area contributed by atoms with E-state index in [1.54, 1.807) is 0 Å². The van der Waals surface area contributed by atoms with Gasteiger partial charge in [-0.15, -0.1) is 13.2 Å². The maximum atomic E-state index is 15.0. The zero-order valence-corrected chi connectivity index (χ0v) is 31.2. The fraction of sp³-hybridized carbons (Fsp3) is 0.636. The zero-order chi connectivity index (χ0) is 37.2. The van der Waals surface area contributed by atoms with Crippen molar-refractivity contribution in [3.8, 4) is 0 Å². The summed E-state index contributed by atoms with van der Waals surface area (Å²) in [6.07, 6.45) is 15.0. The highest BCUT2D eigenvalue weighted by atomic mass is 19.1. The van der Waals surface area contributed by atoms with E-state index in [0.29, 0.717) is 74.1 Å². The van der Waals surface area contributed by atoms with Gasteiger partial charge in [0.1, 0.15) is 23.3 Å². The minimum atomic E-state index is -0.577. The number of rotatable bonds is 16. The van der Waals surface area contributed by atoms with Crippen LogP contribution in [0.1, 0.15) is 86.5 Å². The zero-order valence-electron chi connectivity index (χ0n) is 31.2. The topological polar surface area (TPSA) is 46.2 Å². The Hall–Kier alpha value is -2.56. The summed E-state index contributed by atoms with van der Waals surface area (Å²) in [5, 5.41) is 0. The Morgan fingerprint density at radius 1 is 0.528 bits per heavy atom. The van der Waals surface area contributed by atoms with Crippen molar-refractivity contribution in [2.75, 3.05) is 39.6 Å². The largest absolute Gasteiger partial charge is 0.381 e. The SMILES string of the molecule is C=CC1COC(C2CCC(CCc3cc(F)c(CCOCCc4c(F)cc(CCC5CCC(C6OCC(C=C)CO6)CC5)cc4F)c(F)c3)CC2)OC1. The van der Waals surface area contributed by atoms with Gasteiger partial charge in [0.2, 0.25) is 0 Å². The van der Waals surface area contributed by atoms with Gasteiger partial charge < -0.3 is 23.7 Å². The molecule has 0 N–H and O–H groups in total. The summed E-state index contributed by atoms with van der Waals surface area (Å²) < 4.78 is 89.1. The minimum absolute atomic E-state index is 0.0204. The molecular formula is C44H58F4O5. The first-order valence-corrected chi connectivity index (χ1v) is 20.0. The molecular weight excluding hydrogens is 684 g/mol. The van der Waals surface area contributed by atoms with Crippen molar-refractivity contribution < 1.29 is 41.2 Å². The van der Waals surface area contributed by atoms with Crippen LogP contribution in [0.4, 0.5) is 17.6 Å². The minimum Gasteiger partial charge on any atom is -0.381 e. The van der Waals surface area contributed by atoms with Gasteiger partial charge in [-0.25, -0.2) is 17.6 Å². The molecule has 2 aromatic rings. The molecule has 0 spiro atoms. The highest BCUT2D eigenvalue weighted by Crippen LogP contribution is 2.37. The summed E-state index contributed by atoms with van der Waals surface area (Å²) >= 11 is 0. The molecule has 0 unspecified atom stereocenters. The van der Waals surface area contributed by atoms with Crippen LogP contribution in [-0.4, -0.2) is 52.2 Å². The molecule has 0 atom stereocenters. The van der Waals surface area contributed by atoms with E-state index < -0.39 is 23.3 Å². The molecule has 2 aromatic carbocycles. The molecule has 9 heteroatoms. The number of benzene rings is 2.